The molecule has 1 atom stereocenters. The number of ether oxygens (including phenoxy) is 1. The van der Waals surface area contributed by atoms with E-state index < -0.39 is 0 Å². The first-order valence-corrected chi connectivity index (χ1v) is 9.09. The average Bonchev–Trinajstić information content (AvgIpc) is 2.57. The zero-order chi connectivity index (χ0) is 17.4. The van der Waals surface area contributed by atoms with Crippen LogP contribution >= 0.6 is 24.0 Å². The molecule has 0 aliphatic heterocycles. The Morgan fingerprint density at radius 1 is 1.36 bits per heavy atom. The number of nitrogens with zero attached hydrogens (tertiary/aromatic N) is 2. The van der Waals surface area contributed by atoms with Crippen molar-refractivity contribution < 1.29 is 4.74 Å². The van der Waals surface area contributed by atoms with Gasteiger partial charge in [0.1, 0.15) is 5.75 Å². The number of nitrogens with two attached hydrogens (primary N) is 1. The number of guanidine groups is 1. The number of likely N-dealkylation sites (N-methyl/N-ethyl adjacent to an activating group) is 1. The molecule has 1 aliphatic rings. The Kier molecular flexibility index (Phi) is 10.2. The molecule has 5 nitrogen and oxygen atoms in total. The van der Waals surface area contributed by atoms with E-state index in [2.05, 4.69) is 41.2 Å². The monoisotopic (exact) mass is 460 g/mol. The zero-order valence-electron chi connectivity index (χ0n) is 15.7. The number of rotatable bonds is 9. The van der Waals surface area contributed by atoms with E-state index in [4.69, 9.17) is 10.5 Å². The van der Waals surface area contributed by atoms with Gasteiger partial charge in [0.15, 0.2) is 5.96 Å². The van der Waals surface area contributed by atoms with Gasteiger partial charge in [0.05, 0.1) is 19.7 Å². The summed E-state index contributed by atoms with van der Waals surface area (Å²) in [6, 6.07) is 8.45. The lowest BCUT2D eigenvalue weighted by Gasteiger charge is -2.29. The Bertz CT molecular complexity index is 530. The van der Waals surface area contributed by atoms with Gasteiger partial charge in [-0.05, 0) is 49.5 Å². The van der Waals surface area contributed by atoms with Crippen LogP contribution in [0.2, 0.25) is 0 Å². The van der Waals surface area contributed by atoms with E-state index in [1.165, 1.54) is 24.8 Å². The van der Waals surface area contributed by atoms with Crippen LogP contribution in [0.25, 0.3) is 0 Å². The van der Waals surface area contributed by atoms with Gasteiger partial charge in [0.25, 0.3) is 0 Å². The SMILES string of the molecule is CCN(CC)C(CN=C(N)NCC1CCC1)c1cccc(OC)c1.I. The summed E-state index contributed by atoms with van der Waals surface area (Å²) in [5.41, 5.74) is 7.28. The molecule has 2 rings (SSSR count). The minimum atomic E-state index is 0. The van der Waals surface area contributed by atoms with Crippen LogP contribution in [-0.4, -0.2) is 44.1 Å². The van der Waals surface area contributed by atoms with E-state index in [1.807, 2.05) is 12.1 Å². The van der Waals surface area contributed by atoms with Crippen molar-refractivity contribution in [1.82, 2.24) is 10.2 Å². The number of methoxy groups -OCH3 is 1. The highest BCUT2D eigenvalue weighted by atomic mass is 127. The highest BCUT2D eigenvalue weighted by Crippen LogP contribution is 2.26. The van der Waals surface area contributed by atoms with Crippen molar-refractivity contribution in [1.29, 1.82) is 0 Å². The average molecular weight is 460 g/mol. The molecule has 142 valence electrons. The molecule has 1 fully saturated rings. The van der Waals surface area contributed by atoms with Crippen LogP contribution in [0.1, 0.15) is 44.7 Å². The molecule has 0 heterocycles. The Balaban J connectivity index is 0.00000312. The summed E-state index contributed by atoms with van der Waals surface area (Å²) in [4.78, 5) is 7.00. The van der Waals surface area contributed by atoms with E-state index >= 15 is 0 Å². The van der Waals surface area contributed by atoms with Crippen LogP contribution in [0.3, 0.4) is 0 Å². The van der Waals surface area contributed by atoms with Crippen molar-refractivity contribution in [3.8, 4) is 5.75 Å². The first kappa shape index (κ1) is 22.0. The summed E-state index contributed by atoms with van der Waals surface area (Å²) >= 11 is 0. The standard InChI is InChI=1S/C19H32N4O.HI/c1-4-23(5-2)18(16-10-7-11-17(12-16)24-3)14-22-19(20)21-13-15-8-6-9-15;/h7,10-12,15,18H,4-6,8-9,13-14H2,1-3H3,(H3,20,21,22);1H. The van der Waals surface area contributed by atoms with E-state index in [0.717, 1.165) is 31.3 Å². The van der Waals surface area contributed by atoms with Gasteiger partial charge in [-0.2, -0.15) is 0 Å². The summed E-state index contributed by atoms with van der Waals surface area (Å²) in [7, 11) is 1.70. The Hall–Kier alpha value is -1.02. The molecule has 0 saturated heterocycles. The molecule has 0 radical (unpaired) electrons. The van der Waals surface area contributed by atoms with Gasteiger partial charge in [0.2, 0.25) is 0 Å². The molecule has 25 heavy (non-hydrogen) atoms. The number of hydrogen-bond acceptors (Lipinski definition) is 3. The van der Waals surface area contributed by atoms with Crippen LogP contribution in [0.4, 0.5) is 0 Å². The minimum Gasteiger partial charge on any atom is -0.497 e. The molecule has 1 saturated carbocycles. The largest absolute Gasteiger partial charge is 0.497 e. The summed E-state index contributed by atoms with van der Waals surface area (Å²) in [6.45, 7) is 7.91. The predicted molar refractivity (Wildman–Crippen MR) is 116 cm³/mol. The molecule has 0 spiro atoms. The number of hydrogen-bond donors (Lipinski definition) is 2. The summed E-state index contributed by atoms with van der Waals surface area (Å²) < 4.78 is 5.37. The second-order valence-electron chi connectivity index (χ2n) is 6.42. The molecule has 1 aliphatic carbocycles. The van der Waals surface area contributed by atoms with Crippen LogP contribution < -0.4 is 15.8 Å². The summed E-state index contributed by atoms with van der Waals surface area (Å²) in [5, 5.41) is 3.27. The quantitative estimate of drug-likeness (QED) is 0.337. The van der Waals surface area contributed by atoms with Crippen LogP contribution in [0.5, 0.6) is 5.75 Å². The normalized spacial score (nSPS) is 16.1. The first-order valence-electron chi connectivity index (χ1n) is 9.09. The number of halogens is 1. The zero-order valence-corrected chi connectivity index (χ0v) is 18.0. The molecular formula is C19H33IN4O. The fraction of sp³-hybridized carbons (Fsp3) is 0.632. The van der Waals surface area contributed by atoms with Crippen molar-refractivity contribution in [2.75, 3.05) is 33.3 Å². The highest BCUT2D eigenvalue weighted by molar-refractivity contribution is 14.0. The Labute approximate surface area is 169 Å². The lowest BCUT2D eigenvalue weighted by atomic mass is 9.85. The number of aliphatic imine (C=N–C) groups is 1. The van der Waals surface area contributed by atoms with E-state index in [9.17, 15) is 0 Å². The highest BCUT2D eigenvalue weighted by Gasteiger charge is 2.19. The number of benzene rings is 1. The maximum atomic E-state index is 6.06. The second kappa shape index (κ2) is 11.6. The molecule has 1 aromatic carbocycles. The maximum Gasteiger partial charge on any atom is 0.188 e. The lowest BCUT2D eigenvalue weighted by molar-refractivity contribution is 0.224. The predicted octanol–water partition coefficient (Wildman–Crippen LogP) is 3.40. The minimum absolute atomic E-state index is 0. The molecule has 0 amide bonds. The third kappa shape index (κ3) is 6.66. The van der Waals surface area contributed by atoms with Gasteiger partial charge in [-0.25, -0.2) is 0 Å². The molecule has 3 N–H and O–H groups in total. The van der Waals surface area contributed by atoms with E-state index in [1.54, 1.807) is 7.11 Å². The van der Waals surface area contributed by atoms with Crippen molar-refractivity contribution in [2.24, 2.45) is 16.6 Å². The third-order valence-corrected chi connectivity index (χ3v) is 4.96. The van der Waals surface area contributed by atoms with Crippen molar-refractivity contribution >= 4 is 29.9 Å². The van der Waals surface area contributed by atoms with Crippen LogP contribution in [0, 0.1) is 5.92 Å². The lowest BCUT2D eigenvalue weighted by Crippen LogP contribution is -2.38. The third-order valence-electron chi connectivity index (χ3n) is 4.96. The van der Waals surface area contributed by atoms with Crippen molar-refractivity contribution in [3.05, 3.63) is 29.8 Å². The van der Waals surface area contributed by atoms with Crippen LogP contribution in [0.15, 0.2) is 29.3 Å². The van der Waals surface area contributed by atoms with Crippen molar-refractivity contribution in [2.45, 2.75) is 39.2 Å². The van der Waals surface area contributed by atoms with Gasteiger partial charge in [-0.1, -0.05) is 32.4 Å². The van der Waals surface area contributed by atoms with Gasteiger partial charge < -0.3 is 15.8 Å². The molecule has 0 bridgehead atoms. The molecule has 1 unspecified atom stereocenters. The summed E-state index contributed by atoms with van der Waals surface area (Å²) in [6.07, 6.45) is 3.97. The Morgan fingerprint density at radius 3 is 2.64 bits per heavy atom. The van der Waals surface area contributed by atoms with Crippen LogP contribution in [-0.2, 0) is 0 Å². The molecule has 0 aromatic heterocycles. The summed E-state index contributed by atoms with van der Waals surface area (Å²) in [5.74, 6) is 2.21. The van der Waals surface area contributed by atoms with Gasteiger partial charge in [-0.3, -0.25) is 9.89 Å². The van der Waals surface area contributed by atoms with Gasteiger partial charge in [-0.15, -0.1) is 24.0 Å². The van der Waals surface area contributed by atoms with Crippen molar-refractivity contribution in [3.63, 3.8) is 0 Å². The second-order valence-corrected chi connectivity index (χ2v) is 6.42. The van der Waals surface area contributed by atoms with Gasteiger partial charge >= 0.3 is 0 Å². The van der Waals surface area contributed by atoms with E-state index in [0.29, 0.717) is 12.5 Å². The van der Waals surface area contributed by atoms with Gasteiger partial charge in [0, 0.05) is 6.54 Å². The Morgan fingerprint density at radius 2 is 2.08 bits per heavy atom. The fourth-order valence-electron chi connectivity index (χ4n) is 3.13. The number of nitrogens with one attached hydrogen (secondary N) is 1. The topological polar surface area (TPSA) is 62.9 Å². The molecule has 6 heteroatoms. The first-order chi connectivity index (χ1) is 11.7. The van der Waals surface area contributed by atoms with E-state index in [-0.39, 0.29) is 30.0 Å². The molecule has 1 aromatic rings. The fourth-order valence-corrected chi connectivity index (χ4v) is 3.13. The molecular weight excluding hydrogens is 427 g/mol. The maximum absolute atomic E-state index is 6.06. The smallest absolute Gasteiger partial charge is 0.188 e.